The Morgan fingerprint density at radius 1 is 1.32 bits per heavy atom. The van der Waals surface area contributed by atoms with Gasteiger partial charge in [0.1, 0.15) is 4.21 Å². The van der Waals surface area contributed by atoms with Gasteiger partial charge in [0, 0.05) is 24.7 Å². The molecule has 31 heavy (non-hydrogen) atoms. The highest BCUT2D eigenvalue weighted by atomic mass is 35.5. The first-order valence-electron chi connectivity index (χ1n) is 10.1. The van der Waals surface area contributed by atoms with Crippen LogP contribution in [0.15, 0.2) is 33.9 Å². The van der Waals surface area contributed by atoms with E-state index in [1.165, 1.54) is 18.4 Å². The summed E-state index contributed by atoms with van der Waals surface area (Å²) < 4.78 is 39.0. The van der Waals surface area contributed by atoms with Crippen LogP contribution in [-0.2, 0) is 10.0 Å². The molecule has 1 aliphatic heterocycles. The number of amides is 1. The number of carbonyl (C=O) groups excluding carboxylic acids is 1. The van der Waals surface area contributed by atoms with Gasteiger partial charge in [0.25, 0.3) is 5.91 Å². The average molecular weight is 487 g/mol. The summed E-state index contributed by atoms with van der Waals surface area (Å²) in [5.41, 5.74) is 0.413. The second kappa shape index (κ2) is 10.2. The van der Waals surface area contributed by atoms with Crippen LogP contribution in [0, 0.1) is 5.92 Å². The van der Waals surface area contributed by atoms with Crippen molar-refractivity contribution in [2.45, 2.75) is 36.9 Å². The summed E-state index contributed by atoms with van der Waals surface area (Å²) in [5.74, 6) is 0.988. The SMILES string of the molecule is COc1cc(C(=O)N2CCC(NS(=O)(=O)c3cccs3)CC2)cc(Cl)c1OCC(C)C. The predicted molar refractivity (Wildman–Crippen MR) is 122 cm³/mol. The molecule has 170 valence electrons. The number of carbonyl (C=O) groups is 1. The third kappa shape index (κ3) is 5.91. The molecule has 1 fully saturated rings. The largest absolute Gasteiger partial charge is 0.493 e. The minimum atomic E-state index is -3.52. The second-order valence-electron chi connectivity index (χ2n) is 7.81. The Labute approximate surface area is 192 Å². The summed E-state index contributed by atoms with van der Waals surface area (Å²) in [6.45, 7) is 5.44. The van der Waals surface area contributed by atoms with Gasteiger partial charge in [-0.05, 0) is 42.3 Å². The number of hydrogen-bond donors (Lipinski definition) is 1. The monoisotopic (exact) mass is 486 g/mol. The Hall–Kier alpha value is -1.81. The third-order valence-corrected chi connectivity index (χ3v) is 8.10. The molecule has 0 atom stereocenters. The van der Waals surface area contributed by atoms with Gasteiger partial charge in [0.2, 0.25) is 10.0 Å². The Kier molecular flexibility index (Phi) is 7.85. The van der Waals surface area contributed by atoms with Crippen LogP contribution in [0.4, 0.5) is 0 Å². The van der Waals surface area contributed by atoms with Gasteiger partial charge in [-0.1, -0.05) is 31.5 Å². The third-order valence-electron chi connectivity index (χ3n) is 4.90. The molecule has 10 heteroatoms. The quantitative estimate of drug-likeness (QED) is 0.609. The zero-order valence-electron chi connectivity index (χ0n) is 17.8. The van der Waals surface area contributed by atoms with Gasteiger partial charge in [0.15, 0.2) is 11.5 Å². The molecule has 0 unspecified atom stereocenters. The standard InChI is InChI=1S/C21H27ClN2O5S2/c1-14(2)13-29-20-17(22)11-15(12-18(20)28-3)21(25)24-8-6-16(7-9-24)23-31(26,27)19-5-4-10-30-19/h4-5,10-12,14,16,23H,6-9,13H2,1-3H3. The van der Waals surface area contributed by atoms with Gasteiger partial charge in [-0.25, -0.2) is 13.1 Å². The molecule has 1 aromatic heterocycles. The van der Waals surface area contributed by atoms with E-state index < -0.39 is 10.0 Å². The van der Waals surface area contributed by atoms with E-state index in [2.05, 4.69) is 4.72 Å². The first-order valence-corrected chi connectivity index (χ1v) is 12.8. The average Bonchev–Trinajstić information content (AvgIpc) is 3.28. The van der Waals surface area contributed by atoms with Gasteiger partial charge in [-0.15, -0.1) is 11.3 Å². The normalized spacial score (nSPS) is 15.3. The number of methoxy groups -OCH3 is 1. The number of piperidine rings is 1. The van der Waals surface area contributed by atoms with E-state index in [0.29, 0.717) is 64.8 Å². The van der Waals surface area contributed by atoms with Gasteiger partial charge in [0.05, 0.1) is 18.7 Å². The lowest BCUT2D eigenvalue weighted by molar-refractivity contribution is 0.0711. The number of ether oxygens (including phenoxy) is 2. The van der Waals surface area contributed by atoms with E-state index in [1.807, 2.05) is 13.8 Å². The fourth-order valence-corrected chi connectivity index (χ4v) is 5.89. The Morgan fingerprint density at radius 2 is 2.03 bits per heavy atom. The Morgan fingerprint density at radius 3 is 2.61 bits per heavy atom. The zero-order chi connectivity index (χ0) is 22.6. The molecule has 0 bridgehead atoms. The Balaban J connectivity index is 1.64. The molecule has 0 spiro atoms. The number of halogens is 1. The summed E-state index contributed by atoms with van der Waals surface area (Å²) in [5, 5.41) is 2.05. The topological polar surface area (TPSA) is 84.9 Å². The highest BCUT2D eigenvalue weighted by Gasteiger charge is 2.28. The highest BCUT2D eigenvalue weighted by Crippen LogP contribution is 2.37. The molecule has 2 aromatic rings. The maximum absolute atomic E-state index is 13.0. The van der Waals surface area contributed by atoms with Crippen molar-refractivity contribution in [3.8, 4) is 11.5 Å². The van der Waals surface area contributed by atoms with Crippen LogP contribution >= 0.6 is 22.9 Å². The van der Waals surface area contributed by atoms with Crippen LogP contribution in [0.3, 0.4) is 0 Å². The summed E-state index contributed by atoms with van der Waals surface area (Å²) in [7, 11) is -2.01. The first kappa shape index (κ1) is 23.8. The van der Waals surface area contributed by atoms with E-state index in [1.54, 1.807) is 34.5 Å². The molecule has 1 aromatic carbocycles. The van der Waals surface area contributed by atoms with Gasteiger partial charge in [-0.3, -0.25) is 4.79 Å². The van der Waals surface area contributed by atoms with E-state index in [0.717, 1.165) is 0 Å². The van der Waals surface area contributed by atoms with Gasteiger partial charge < -0.3 is 14.4 Å². The van der Waals surface area contributed by atoms with Crippen molar-refractivity contribution in [2.24, 2.45) is 5.92 Å². The number of rotatable bonds is 8. The summed E-state index contributed by atoms with van der Waals surface area (Å²) in [6, 6.07) is 6.31. The first-order chi connectivity index (χ1) is 14.7. The second-order valence-corrected chi connectivity index (χ2v) is 11.1. The van der Waals surface area contributed by atoms with Gasteiger partial charge >= 0.3 is 0 Å². The van der Waals surface area contributed by atoms with Crippen LogP contribution in [0.1, 0.15) is 37.0 Å². The molecule has 0 saturated carbocycles. The minimum Gasteiger partial charge on any atom is -0.493 e. The number of sulfonamides is 1. The summed E-state index contributed by atoms with van der Waals surface area (Å²) >= 11 is 7.56. The van der Waals surface area contributed by atoms with Crippen molar-refractivity contribution >= 4 is 38.9 Å². The van der Waals surface area contributed by atoms with Crippen LogP contribution in [0.2, 0.25) is 5.02 Å². The molecule has 1 N–H and O–H groups in total. The molecule has 0 aliphatic carbocycles. The maximum Gasteiger partial charge on any atom is 0.254 e. The number of nitrogens with one attached hydrogen (secondary N) is 1. The zero-order valence-corrected chi connectivity index (χ0v) is 20.1. The fraction of sp³-hybridized carbons (Fsp3) is 0.476. The lowest BCUT2D eigenvalue weighted by Gasteiger charge is -2.32. The van der Waals surface area contributed by atoms with Crippen LogP contribution in [0.5, 0.6) is 11.5 Å². The van der Waals surface area contributed by atoms with Gasteiger partial charge in [-0.2, -0.15) is 0 Å². The van der Waals surface area contributed by atoms with E-state index >= 15 is 0 Å². The lowest BCUT2D eigenvalue weighted by atomic mass is 10.0. The molecule has 3 rings (SSSR count). The smallest absolute Gasteiger partial charge is 0.254 e. The maximum atomic E-state index is 13.0. The molecule has 0 radical (unpaired) electrons. The fourth-order valence-electron chi connectivity index (χ4n) is 3.31. The van der Waals surface area contributed by atoms with Crippen molar-refractivity contribution in [1.29, 1.82) is 0 Å². The molecule has 7 nitrogen and oxygen atoms in total. The molecule has 1 aliphatic rings. The molecule has 1 saturated heterocycles. The van der Waals surface area contributed by atoms with Crippen LogP contribution in [0.25, 0.3) is 0 Å². The number of thiophene rings is 1. The van der Waals surface area contributed by atoms with Crippen LogP contribution < -0.4 is 14.2 Å². The van der Waals surface area contributed by atoms with E-state index in [-0.39, 0.29) is 11.9 Å². The molecule has 2 heterocycles. The predicted octanol–water partition coefficient (Wildman–Crippen LogP) is 4.03. The lowest BCUT2D eigenvalue weighted by Crippen LogP contribution is -2.46. The van der Waals surface area contributed by atoms with Crippen molar-refractivity contribution in [2.75, 3.05) is 26.8 Å². The van der Waals surface area contributed by atoms with E-state index in [4.69, 9.17) is 21.1 Å². The summed E-state index contributed by atoms with van der Waals surface area (Å²) in [6.07, 6.45) is 1.08. The minimum absolute atomic E-state index is 0.171. The molecular formula is C21H27ClN2O5S2. The number of benzene rings is 1. The van der Waals surface area contributed by atoms with Crippen LogP contribution in [-0.4, -0.2) is 52.1 Å². The molecular weight excluding hydrogens is 460 g/mol. The van der Waals surface area contributed by atoms with Crippen molar-refractivity contribution in [3.63, 3.8) is 0 Å². The van der Waals surface area contributed by atoms with Crippen molar-refractivity contribution in [1.82, 2.24) is 9.62 Å². The Bertz CT molecular complexity index is 1000. The summed E-state index contributed by atoms with van der Waals surface area (Å²) in [4.78, 5) is 14.7. The van der Waals surface area contributed by atoms with Crippen molar-refractivity contribution < 1.29 is 22.7 Å². The number of hydrogen-bond acceptors (Lipinski definition) is 6. The number of likely N-dealkylation sites (tertiary alicyclic amines) is 1. The highest BCUT2D eigenvalue weighted by molar-refractivity contribution is 7.91. The molecule has 1 amide bonds. The van der Waals surface area contributed by atoms with E-state index in [9.17, 15) is 13.2 Å². The number of nitrogens with zero attached hydrogens (tertiary/aromatic N) is 1. The van der Waals surface area contributed by atoms with Crippen molar-refractivity contribution in [3.05, 3.63) is 40.2 Å².